The van der Waals surface area contributed by atoms with Crippen LogP contribution in [0.4, 0.5) is 0 Å². The maximum atomic E-state index is 9.26. The Morgan fingerprint density at radius 3 is 1.27 bits per heavy atom. The summed E-state index contributed by atoms with van der Waals surface area (Å²) in [4.78, 5) is 0. The smallest absolute Gasteiger partial charge is 0.0839 e. The Morgan fingerprint density at radius 2 is 1.00 bits per heavy atom. The van der Waals surface area contributed by atoms with Gasteiger partial charge in [-0.25, -0.2) is 0 Å². The molecule has 0 radical (unpaired) electrons. The molecule has 26 heavy (non-hydrogen) atoms. The largest absolute Gasteiger partial charge is 0.390 e. The number of hydrogen-bond acceptors (Lipinski definition) is 4. The first kappa shape index (κ1) is 19.1. The van der Waals surface area contributed by atoms with Crippen molar-refractivity contribution in [2.75, 3.05) is 0 Å². The van der Waals surface area contributed by atoms with Crippen LogP contribution in [0.25, 0.3) is 0 Å². The van der Waals surface area contributed by atoms with Crippen LogP contribution in [0.1, 0.15) is 36.8 Å². The van der Waals surface area contributed by atoms with Gasteiger partial charge in [0.25, 0.3) is 0 Å². The van der Waals surface area contributed by atoms with E-state index >= 15 is 0 Å². The van der Waals surface area contributed by atoms with Gasteiger partial charge in [0.1, 0.15) is 0 Å². The first-order chi connectivity index (χ1) is 12.7. The zero-order chi connectivity index (χ0) is 18.2. The molecule has 0 bridgehead atoms. The normalized spacial score (nSPS) is 26.8. The summed E-state index contributed by atoms with van der Waals surface area (Å²) in [5, 5.41) is 18.5. The van der Waals surface area contributed by atoms with E-state index in [-0.39, 0.29) is 24.4 Å². The van der Waals surface area contributed by atoms with Crippen molar-refractivity contribution in [3.63, 3.8) is 0 Å². The second kappa shape index (κ2) is 9.83. The highest BCUT2D eigenvalue weighted by Crippen LogP contribution is 2.24. The maximum Gasteiger partial charge on any atom is 0.0839 e. The Bertz CT molecular complexity index is 574. The van der Waals surface area contributed by atoms with Gasteiger partial charge >= 0.3 is 0 Å². The molecule has 2 aromatic carbocycles. The van der Waals surface area contributed by atoms with Gasteiger partial charge in [-0.3, -0.25) is 0 Å². The quantitative estimate of drug-likeness (QED) is 0.832. The fourth-order valence-electron chi connectivity index (χ4n) is 2.85. The molecule has 0 heterocycles. The third-order valence-corrected chi connectivity index (χ3v) is 4.97. The molecule has 2 saturated carbocycles. The second-order valence-electron chi connectivity index (χ2n) is 6.96. The summed E-state index contributed by atoms with van der Waals surface area (Å²) in [6.45, 7) is 1.23. The molecule has 4 nitrogen and oxygen atoms in total. The van der Waals surface area contributed by atoms with Crippen LogP contribution in [0, 0.1) is 0 Å². The van der Waals surface area contributed by atoms with Crippen molar-refractivity contribution in [2.45, 2.75) is 63.3 Å². The molecule has 4 heteroatoms. The molecule has 4 atom stereocenters. The minimum atomic E-state index is -0.233. The van der Waals surface area contributed by atoms with Crippen LogP contribution in [-0.4, -0.2) is 34.6 Å². The number of aliphatic hydroxyl groups is 2. The summed E-state index contributed by atoms with van der Waals surface area (Å²) in [6, 6.07) is 20.1. The van der Waals surface area contributed by atoms with Gasteiger partial charge in [0.05, 0.1) is 37.6 Å². The van der Waals surface area contributed by atoms with Crippen molar-refractivity contribution in [2.24, 2.45) is 0 Å². The van der Waals surface area contributed by atoms with E-state index in [2.05, 4.69) is 0 Å². The lowest BCUT2D eigenvalue weighted by Gasteiger charge is -2.32. The van der Waals surface area contributed by atoms with Crippen LogP contribution in [0.2, 0.25) is 0 Å². The molecule has 2 fully saturated rings. The van der Waals surface area contributed by atoms with Crippen molar-refractivity contribution >= 4 is 0 Å². The highest BCUT2D eigenvalue weighted by molar-refractivity contribution is 5.14. The first-order valence-corrected chi connectivity index (χ1v) is 9.39. The van der Waals surface area contributed by atoms with E-state index in [4.69, 9.17) is 9.47 Å². The van der Waals surface area contributed by atoms with Crippen LogP contribution >= 0.6 is 0 Å². The molecule has 2 aliphatic carbocycles. The second-order valence-corrected chi connectivity index (χ2v) is 6.96. The lowest BCUT2D eigenvalue weighted by molar-refractivity contribution is -0.103. The van der Waals surface area contributed by atoms with Gasteiger partial charge in [-0.05, 0) is 36.8 Å². The highest BCUT2D eigenvalue weighted by Gasteiger charge is 2.29. The maximum absolute atomic E-state index is 9.26. The molecule has 0 amide bonds. The van der Waals surface area contributed by atoms with Crippen LogP contribution < -0.4 is 0 Å². The van der Waals surface area contributed by atoms with E-state index in [1.807, 2.05) is 60.7 Å². The van der Waals surface area contributed by atoms with E-state index in [9.17, 15) is 10.2 Å². The predicted molar refractivity (Wildman–Crippen MR) is 101 cm³/mol. The highest BCUT2D eigenvalue weighted by atomic mass is 16.5. The number of aliphatic hydroxyl groups excluding tert-OH is 2. The monoisotopic (exact) mass is 356 g/mol. The Kier molecular flexibility index (Phi) is 7.21. The topological polar surface area (TPSA) is 58.9 Å². The molecule has 2 aliphatic rings. The standard InChI is InChI=1S/2C11H14O2/c2*12-10-6-7-11(10)13-8-9-4-2-1-3-5-9/h2*1-5,10-12H,6-8H2/t2*10-,11-/m10/s1. The average Bonchev–Trinajstić information content (AvgIpc) is 2.68. The van der Waals surface area contributed by atoms with E-state index in [1.165, 1.54) is 11.1 Å². The molecule has 140 valence electrons. The molecule has 2 aromatic rings. The Hall–Kier alpha value is -1.72. The van der Waals surface area contributed by atoms with Gasteiger partial charge in [0.2, 0.25) is 0 Å². The SMILES string of the molecule is O[C@@H]1CC[C@H]1OCc1ccccc1.O[C@H]1CC[C@@H]1OCc1ccccc1. The first-order valence-electron chi connectivity index (χ1n) is 9.39. The number of hydrogen-bond donors (Lipinski definition) is 2. The third kappa shape index (κ3) is 5.64. The van der Waals surface area contributed by atoms with Crippen LogP contribution in [0.3, 0.4) is 0 Å². The van der Waals surface area contributed by atoms with Gasteiger partial charge in [-0.1, -0.05) is 60.7 Å². The molecule has 0 saturated heterocycles. The van der Waals surface area contributed by atoms with Gasteiger partial charge in [-0.15, -0.1) is 0 Å². The number of rotatable bonds is 6. The molecule has 0 aromatic heterocycles. The van der Waals surface area contributed by atoms with Gasteiger partial charge in [0, 0.05) is 0 Å². The number of benzene rings is 2. The van der Waals surface area contributed by atoms with E-state index in [0.717, 1.165) is 25.7 Å². The van der Waals surface area contributed by atoms with Crippen molar-refractivity contribution < 1.29 is 19.7 Å². The summed E-state index contributed by atoms with van der Waals surface area (Å²) in [7, 11) is 0. The molecule has 4 rings (SSSR count). The van der Waals surface area contributed by atoms with E-state index in [1.54, 1.807) is 0 Å². The minimum absolute atomic E-state index is 0.0696. The zero-order valence-electron chi connectivity index (χ0n) is 15.0. The van der Waals surface area contributed by atoms with Crippen molar-refractivity contribution in [1.29, 1.82) is 0 Å². The van der Waals surface area contributed by atoms with Crippen LogP contribution in [0.5, 0.6) is 0 Å². The average molecular weight is 356 g/mol. The zero-order valence-corrected chi connectivity index (χ0v) is 15.0. The summed E-state index contributed by atoms with van der Waals surface area (Å²) < 4.78 is 11.1. The fraction of sp³-hybridized carbons (Fsp3) is 0.455. The fourth-order valence-corrected chi connectivity index (χ4v) is 2.85. The summed E-state index contributed by atoms with van der Waals surface area (Å²) in [5.41, 5.74) is 2.34. The molecule has 0 unspecified atom stereocenters. The van der Waals surface area contributed by atoms with Gasteiger partial charge in [0.15, 0.2) is 0 Å². The summed E-state index contributed by atoms with van der Waals surface area (Å²) >= 11 is 0. The van der Waals surface area contributed by atoms with Crippen LogP contribution in [0.15, 0.2) is 60.7 Å². The predicted octanol–water partition coefficient (Wildman–Crippen LogP) is 3.45. The van der Waals surface area contributed by atoms with Crippen molar-refractivity contribution in [1.82, 2.24) is 0 Å². The van der Waals surface area contributed by atoms with Crippen LogP contribution in [-0.2, 0) is 22.7 Å². The minimum Gasteiger partial charge on any atom is -0.390 e. The molecular formula is C22H28O4. The lowest BCUT2D eigenvalue weighted by atomic mass is 9.92. The van der Waals surface area contributed by atoms with Crippen molar-refractivity contribution in [3.05, 3.63) is 71.8 Å². The lowest BCUT2D eigenvalue weighted by Crippen LogP contribution is -2.38. The van der Waals surface area contributed by atoms with E-state index < -0.39 is 0 Å². The third-order valence-electron chi connectivity index (χ3n) is 4.97. The summed E-state index contributed by atoms with van der Waals surface area (Å²) in [6.07, 6.45) is 3.44. The number of ether oxygens (including phenoxy) is 2. The molecular weight excluding hydrogens is 328 g/mol. The molecule has 2 N–H and O–H groups in total. The Balaban J connectivity index is 0.000000151. The molecule has 0 spiro atoms. The van der Waals surface area contributed by atoms with Gasteiger partial charge < -0.3 is 19.7 Å². The van der Waals surface area contributed by atoms with Gasteiger partial charge in [-0.2, -0.15) is 0 Å². The van der Waals surface area contributed by atoms with Crippen molar-refractivity contribution in [3.8, 4) is 0 Å². The summed E-state index contributed by atoms with van der Waals surface area (Å²) in [5.74, 6) is 0. The molecule has 0 aliphatic heterocycles. The Morgan fingerprint density at radius 1 is 0.615 bits per heavy atom. The van der Waals surface area contributed by atoms with E-state index in [0.29, 0.717) is 13.2 Å². The Labute approximate surface area is 155 Å².